The fraction of sp³-hybridized carbons (Fsp3) is 0.250. The molecule has 0 fully saturated rings. The predicted molar refractivity (Wildman–Crippen MR) is 81.0 cm³/mol. The maximum absolute atomic E-state index is 13.2. The van der Waals surface area contributed by atoms with Gasteiger partial charge in [0.15, 0.2) is 5.75 Å². The van der Waals surface area contributed by atoms with Gasteiger partial charge in [0.25, 0.3) is 0 Å². The van der Waals surface area contributed by atoms with Crippen molar-refractivity contribution < 1.29 is 9.13 Å². The standard InChI is InChI=1S/C16H17ClFNO/c1-2-3-4-11-5-7-12(8-6-11)20-16-9-13(17)14(18)10-15(16)19/h5-10H,2-4,19H2,1H3. The van der Waals surface area contributed by atoms with Crippen molar-refractivity contribution in [3.8, 4) is 11.5 Å². The third-order valence-corrected chi connectivity index (χ3v) is 3.31. The van der Waals surface area contributed by atoms with Crippen LogP contribution in [0.15, 0.2) is 36.4 Å². The Kier molecular flexibility index (Phi) is 4.85. The monoisotopic (exact) mass is 293 g/mol. The van der Waals surface area contributed by atoms with E-state index in [1.165, 1.54) is 24.5 Å². The summed E-state index contributed by atoms with van der Waals surface area (Å²) in [5.74, 6) is 0.462. The molecule has 2 aromatic carbocycles. The first-order valence-electron chi connectivity index (χ1n) is 6.61. The second-order valence-electron chi connectivity index (χ2n) is 4.65. The van der Waals surface area contributed by atoms with Gasteiger partial charge in [-0.1, -0.05) is 37.1 Å². The maximum atomic E-state index is 13.2. The van der Waals surface area contributed by atoms with E-state index in [0.717, 1.165) is 12.5 Å². The molecule has 2 aromatic rings. The average molecular weight is 294 g/mol. The van der Waals surface area contributed by atoms with E-state index in [0.29, 0.717) is 11.5 Å². The number of nitrogens with two attached hydrogens (primary N) is 1. The number of halogens is 2. The Hall–Kier alpha value is -1.74. The van der Waals surface area contributed by atoms with Crippen molar-refractivity contribution in [2.45, 2.75) is 26.2 Å². The van der Waals surface area contributed by atoms with Gasteiger partial charge in [0.2, 0.25) is 0 Å². The Morgan fingerprint density at radius 1 is 1.20 bits per heavy atom. The first-order chi connectivity index (χ1) is 9.60. The Morgan fingerprint density at radius 3 is 2.55 bits per heavy atom. The molecule has 20 heavy (non-hydrogen) atoms. The van der Waals surface area contributed by atoms with E-state index < -0.39 is 5.82 Å². The van der Waals surface area contributed by atoms with Crippen molar-refractivity contribution in [1.82, 2.24) is 0 Å². The van der Waals surface area contributed by atoms with Gasteiger partial charge in [-0.2, -0.15) is 0 Å². The summed E-state index contributed by atoms with van der Waals surface area (Å²) in [6.45, 7) is 2.17. The molecule has 2 nitrogen and oxygen atoms in total. The second kappa shape index (κ2) is 6.62. The van der Waals surface area contributed by atoms with Crippen LogP contribution in [0.3, 0.4) is 0 Å². The third kappa shape index (κ3) is 3.64. The molecule has 0 radical (unpaired) electrons. The minimum Gasteiger partial charge on any atom is -0.455 e. The summed E-state index contributed by atoms with van der Waals surface area (Å²) in [7, 11) is 0. The Bertz CT molecular complexity index is 584. The van der Waals surface area contributed by atoms with Crippen LogP contribution in [0.25, 0.3) is 0 Å². The summed E-state index contributed by atoms with van der Waals surface area (Å²) in [5.41, 5.74) is 7.20. The minimum atomic E-state index is -0.550. The lowest BCUT2D eigenvalue weighted by Crippen LogP contribution is -1.94. The van der Waals surface area contributed by atoms with Gasteiger partial charge in [-0.15, -0.1) is 0 Å². The lowest BCUT2D eigenvalue weighted by molar-refractivity contribution is 0.483. The summed E-state index contributed by atoms with van der Waals surface area (Å²) in [5, 5.41) is -0.00577. The second-order valence-corrected chi connectivity index (χ2v) is 5.06. The minimum absolute atomic E-state index is 0.00577. The zero-order valence-electron chi connectivity index (χ0n) is 11.3. The normalized spacial score (nSPS) is 10.6. The van der Waals surface area contributed by atoms with Crippen molar-refractivity contribution in [2.75, 3.05) is 5.73 Å². The van der Waals surface area contributed by atoms with E-state index in [1.807, 2.05) is 24.3 Å². The van der Waals surface area contributed by atoms with Gasteiger partial charge in [0.05, 0.1) is 10.7 Å². The van der Waals surface area contributed by atoms with E-state index in [4.69, 9.17) is 22.1 Å². The molecule has 2 N–H and O–H groups in total. The zero-order valence-corrected chi connectivity index (χ0v) is 12.1. The molecule has 0 bridgehead atoms. The molecule has 0 aliphatic heterocycles. The smallest absolute Gasteiger partial charge is 0.151 e. The van der Waals surface area contributed by atoms with Crippen LogP contribution in [-0.2, 0) is 6.42 Å². The number of hydrogen-bond acceptors (Lipinski definition) is 2. The largest absolute Gasteiger partial charge is 0.455 e. The molecular weight excluding hydrogens is 277 g/mol. The number of hydrogen-bond donors (Lipinski definition) is 1. The van der Waals surface area contributed by atoms with Crippen LogP contribution in [0.2, 0.25) is 5.02 Å². The van der Waals surface area contributed by atoms with Crippen LogP contribution in [-0.4, -0.2) is 0 Å². The highest BCUT2D eigenvalue weighted by atomic mass is 35.5. The van der Waals surface area contributed by atoms with Crippen LogP contribution in [0.5, 0.6) is 11.5 Å². The molecule has 0 aliphatic carbocycles. The topological polar surface area (TPSA) is 35.2 Å². The van der Waals surface area contributed by atoms with E-state index in [1.54, 1.807) is 0 Å². The van der Waals surface area contributed by atoms with Crippen LogP contribution < -0.4 is 10.5 Å². The molecular formula is C16H17ClFNO. The number of anilines is 1. The number of unbranched alkanes of at least 4 members (excludes halogenated alkanes) is 1. The van der Waals surface area contributed by atoms with Gasteiger partial charge in [-0.25, -0.2) is 4.39 Å². The first-order valence-corrected chi connectivity index (χ1v) is 6.99. The number of nitrogen functional groups attached to an aromatic ring is 1. The Labute approximate surface area is 123 Å². The molecule has 4 heteroatoms. The SMILES string of the molecule is CCCCc1ccc(Oc2cc(Cl)c(F)cc2N)cc1. The lowest BCUT2D eigenvalue weighted by Gasteiger charge is -2.10. The lowest BCUT2D eigenvalue weighted by atomic mass is 10.1. The van der Waals surface area contributed by atoms with E-state index in [9.17, 15) is 4.39 Å². The number of rotatable bonds is 5. The van der Waals surface area contributed by atoms with Gasteiger partial charge in [-0.3, -0.25) is 0 Å². The van der Waals surface area contributed by atoms with Crippen LogP contribution in [0.4, 0.5) is 10.1 Å². The third-order valence-electron chi connectivity index (χ3n) is 3.02. The molecule has 0 aromatic heterocycles. The van der Waals surface area contributed by atoms with Crippen LogP contribution >= 0.6 is 11.6 Å². The zero-order chi connectivity index (χ0) is 14.5. The molecule has 0 heterocycles. The molecule has 0 unspecified atom stereocenters. The van der Waals surface area contributed by atoms with Gasteiger partial charge >= 0.3 is 0 Å². The van der Waals surface area contributed by atoms with Crippen molar-refractivity contribution in [3.05, 3.63) is 52.8 Å². The highest BCUT2D eigenvalue weighted by molar-refractivity contribution is 6.31. The molecule has 106 valence electrons. The Morgan fingerprint density at radius 2 is 1.90 bits per heavy atom. The molecule has 0 amide bonds. The maximum Gasteiger partial charge on any atom is 0.151 e. The fourth-order valence-electron chi connectivity index (χ4n) is 1.86. The van der Waals surface area contributed by atoms with Crippen LogP contribution in [0, 0.1) is 5.82 Å². The van der Waals surface area contributed by atoms with Crippen molar-refractivity contribution >= 4 is 17.3 Å². The molecule has 0 atom stereocenters. The number of benzene rings is 2. The molecule has 0 saturated carbocycles. The highest BCUT2D eigenvalue weighted by Crippen LogP contribution is 2.32. The molecule has 0 saturated heterocycles. The molecule has 2 rings (SSSR count). The first kappa shape index (κ1) is 14.7. The molecule has 0 spiro atoms. The Balaban J connectivity index is 2.12. The fourth-order valence-corrected chi connectivity index (χ4v) is 2.02. The van der Waals surface area contributed by atoms with E-state index >= 15 is 0 Å². The summed E-state index contributed by atoms with van der Waals surface area (Å²) in [6.07, 6.45) is 3.39. The molecule has 0 aliphatic rings. The number of aryl methyl sites for hydroxylation is 1. The van der Waals surface area contributed by atoms with Crippen molar-refractivity contribution in [1.29, 1.82) is 0 Å². The van der Waals surface area contributed by atoms with Crippen molar-refractivity contribution in [3.63, 3.8) is 0 Å². The quantitative estimate of drug-likeness (QED) is 0.769. The van der Waals surface area contributed by atoms with Gasteiger partial charge in [-0.05, 0) is 30.5 Å². The average Bonchev–Trinajstić information content (AvgIpc) is 2.44. The van der Waals surface area contributed by atoms with Gasteiger partial charge < -0.3 is 10.5 Å². The van der Waals surface area contributed by atoms with Gasteiger partial charge in [0.1, 0.15) is 11.6 Å². The van der Waals surface area contributed by atoms with Crippen molar-refractivity contribution in [2.24, 2.45) is 0 Å². The number of ether oxygens (including phenoxy) is 1. The van der Waals surface area contributed by atoms with E-state index in [2.05, 4.69) is 6.92 Å². The van der Waals surface area contributed by atoms with Crippen LogP contribution in [0.1, 0.15) is 25.3 Å². The van der Waals surface area contributed by atoms with Gasteiger partial charge in [0, 0.05) is 12.1 Å². The predicted octanol–water partition coefficient (Wildman–Crippen LogP) is 5.20. The van der Waals surface area contributed by atoms with E-state index in [-0.39, 0.29) is 10.7 Å². The highest BCUT2D eigenvalue weighted by Gasteiger charge is 2.08. The summed E-state index contributed by atoms with van der Waals surface area (Å²) >= 11 is 5.72. The summed E-state index contributed by atoms with van der Waals surface area (Å²) in [6, 6.07) is 10.3. The summed E-state index contributed by atoms with van der Waals surface area (Å²) in [4.78, 5) is 0. The summed E-state index contributed by atoms with van der Waals surface area (Å²) < 4.78 is 18.8.